The van der Waals surface area contributed by atoms with Gasteiger partial charge in [0.25, 0.3) is 0 Å². The minimum atomic E-state index is 0.965. The summed E-state index contributed by atoms with van der Waals surface area (Å²) in [4.78, 5) is 4.38. The van der Waals surface area contributed by atoms with E-state index in [-0.39, 0.29) is 0 Å². The molecule has 0 bridgehead atoms. The smallest absolute Gasteiger partial charge is 0.0461 e. The summed E-state index contributed by atoms with van der Waals surface area (Å²) >= 11 is 0. The van der Waals surface area contributed by atoms with Crippen molar-refractivity contribution in [2.24, 2.45) is 4.99 Å². The van der Waals surface area contributed by atoms with Crippen LogP contribution in [0.5, 0.6) is 0 Å². The Morgan fingerprint density at radius 1 is 0.971 bits per heavy atom. The zero-order chi connectivity index (χ0) is 26.4. The van der Waals surface area contributed by atoms with Crippen LogP contribution in [-0.2, 0) is 0 Å². The number of rotatable bonds is 5. The number of aryl methyl sites for hydroxylation is 1. The van der Waals surface area contributed by atoms with Crippen LogP contribution in [0.4, 0.5) is 5.69 Å². The predicted octanol–water partition coefficient (Wildman–Crippen LogP) is 9.72. The zero-order valence-corrected chi connectivity index (χ0v) is 22.8. The molecule has 0 aliphatic heterocycles. The highest BCUT2D eigenvalue weighted by atomic mass is 14.8. The van der Waals surface area contributed by atoms with Gasteiger partial charge in [-0.2, -0.15) is 0 Å². The van der Waals surface area contributed by atoms with Crippen molar-refractivity contribution in [2.75, 3.05) is 5.32 Å². The van der Waals surface area contributed by atoms with Crippen molar-refractivity contribution >= 4 is 23.0 Å². The third-order valence-corrected chi connectivity index (χ3v) is 4.35. The molecular formula is C32H44N2. The van der Waals surface area contributed by atoms with Crippen molar-refractivity contribution in [1.29, 1.82) is 0 Å². The summed E-state index contributed by atoms with van der Waals surface area (Å²) in [6, 6.07) is 19.2. The van der Waals surface area contributed by atoms with E-state index in [2.05, 4.69) is 85.7 Å². The van der Waals surface area contributed by atoms with Crippen molar-refractivity contribution in [2.45, 2.75) is 62.3 Å². The number of nitrogens with one attached hydrogen (secondary N) is 1. The number of benzene rings is 2. The van der Waals surface area contributed by atoms with Crippen molar-refractivity contribution in [3.05, 3.63) is 102 Å². The average molecular weight is 457 g/mol. The maximum absolute atomic E-state index is 4.38. The Labute approximate surface area is 209 Å². The normalized spacial score (nSPS) is 10.1. The lowest BCUT2D eigenvalue weighted by Gasteiger charge is -2.01. The molecule has 0 amide bonds. The molecule has 2 aromatic carbocycles. The first-order valence-electron chi connectivity index (χ1n) is 11.7. The van der Waals surface area contributed by atoms with E-state index in [1.165, 1.54) is 11.1 Å². The summed E-state index contributed by atoms with van der Waals surface area (Å²) in [5.41, 5.74) is 7.70. The molecule has 2 rings (SSSR count). The van der Waals surface area contributed by atoms with Gasteiger partial charge in [-0.25, -0.2) is 0 Å². The van der Waals surface area contributed by atoms with E-state index in [9.17, 15) is 0 Å². The second-order valence-corrected chi connectivity index (χ2v) is 7.17. The second-order valence-electron chi connectivity index (χ2n) is 7.17. The third kappa shape index (κ3) is 16.1. The first-order chi connectivity index (χ1) is 16.3. The molecule has 0 atom stereocenters. The molecule has 2 nitrogen and oxygen atoms in total. The van der Waals surface area contributed by atoms with Crippen LogP contribution in [0.1, 0.15) is 72.1 Å². The molecular weight excluding hydrogens is 412 g/mol. The standard InChI is InChI=1S/C16H19N.C10H11N.C4H8.C2H6/c1-6-15-7-9-16(10-8-15)13(4)11-17-14(5)12(2)3;1-3-7-11-10-6-4-5-9(2)8-10;1-3-4-2;1-2/h6-11H,1-2H2,3-5H3;4-6,8,11H,1-2H3;3-4H,1-2H3;1-2H3/b13-11+,17-14?;;4-3-;. The van der Waals surface area contributed by atoms with Gasteiger partial charge in [0, 0.05) is 23.6 Å². The lowest BCUT2D eigenvalue weighted by atomic mass is 10.1. The first kappa shape index (κ1) is 32.6. The quantitative estimate of drug-likeness (QED) is 0.206. The van der Waals surface area contributed by atoms with Crippen molar-refractivity contribution in [3.8, 4) is 12.0 Å². The Hall–Kier alpha value is -3.57. The molecule has 0 aromatic heterocycles. The van der Waals surface area contributed by atoms with Gasteiger partial charge in [-0.1, -0.05) is 87.6 Å². The molecule has 0 heterocycles. The topological polar surface area (TPSA) is 24.4 Å². The molecule has 0 aliphatic carbocycles. The summed E-state index contributed by atoms with van der Waals surface area (Å²) in [7, 11) is 0. The van der Waals surface area contributed by atoms with E-state index >= 15 is 0 Å². The highest BCUT2D eigenvalue weighted by molar-refractivity contribution is 5.97. The SMILES string of the molecule is C/C=C\C.C=Cc1ccc(/C(C)=C/N=C(C)C(=C)C)cc1.CC.CC#CNc1cccc(C)c1. The highest BCUT2D eigenvalue weighted by Crippen LogP contribution is 2.15. The molecule has 0 saturated heterocycles. The monoisotopic (exact) mass is 456 g/mol. The number of aliphatic imine (C=N–C) groups is 1. The molecule has 0 unspecified atom stereocenters. The molecule has 182 valence electrons. The van der Waals surface area contributed by atoms with Crippen LogP contribution in [0.15, 0.2) is 90.6 Å². The zero-order valence-electron chi connectivity index (χ0n) is 22.8. The molecule has 0 radical (unpaired) electrons. The van der Waals surface area contributed by atoms with E-state index in [4.69, 9.17) is 0 Å². The Balaban J connectivity index is 0. The summed E-state index contributed by atoms with van der Waals surface area (Å²) < 4.78 is 0. The fourth-order valence-corrected chi connectivity index (χ4v) is 2.12. The largest absolute Gasteiger partial charge is 0.315 e. The van der Waals surface area contributed by atoms with Gasteiger partial charge in [-0.3, -0.25) is 4.99 Å². The Morgan fingerprint density at radius 2 is 1.56 bits per heavy atom. The number of allylic oxidation sites excluding steroid dienone is 4. The molecule has 0 fully saturated rings. The van der Waals surface area contributed by atoms with Gasteiger partial charge >= 0.3 is 0 Å². The molecule has 1 N–H and O–H groups in total. The van der Waals surface area contributed by atoms with Crippen LogP contribution in [0.2, 0.25) is 0 Å². The van der Waals surface area contributed by atoms with Crippen LogP contribution >= 0.6 is 0 Å². The van der Waals surface area contributed by atoms with Crippen LogP contribution < -0.4 is 5.32 Å². The lowest BCUT2D eigenvalue weighted by molar-refractivity contribution is 1.45. The van der Waals surface area contributed by atoms with Crippen LogP contribution in [0, 0.1) is 18.9 Å². The fourth-order valence-electron chi connectivity index (χ4n) is 2.12. The maximum Gasteiger partial charge on any atom is 0.0461 e. The van der Waals surface area contributed by atoms with Crippen molar-refractivity contribution in [3.63, 3.8) is 0 Å². The van der Waals surface area contributed by atoms with Crippen molar-refractivity contribution in [1.82, 2.24) is 0 Å². The summed E-state index contributed by atoms with van der Waals surface area (Å²) in [5, 5.41) is 2.97. The Bertz CT molecular complexity index is 987. The van der Waals surface area contributed by atoms with Gasteiger partial charge in [0.1, 0.15) is 0 Å². The van der Waals surface area contributed by atoms with Gasteiger partial charge in [-0.15, -0.1) is 0 Å². The van der Waals surface area contributed by atoms with Gasteiger partial charge in [0.2, 0.25) is 0 Å². The van der Waals surface area contributed by atoms with Gasteiger partial charge in [0.15, 0.2) is 0 Å². The summed E-state index contributed by atoms with van der Waals surface area (Å²) in [6.07, 6.45) is 7.72. The van der Waals surface area contributed by atoms with Crippen LogP contribution in [0.25, 0.3) is 11.6 Å². The molecule has 0 aliphatic rings. The Kier molecular flexibility index (Phi) is 20.4. The average Bonchev–Trinajstić information content (AvgIpc) is 2.87. The number of anilines is 1. The molecule has 0 saturated carbocycles. The number of hydrogen-bond donors (Lipinski definition) is 1. The minimum absolute atomic E-state index is 0.965. The van der Waals surface area contributed by atoms with E-state index < -0.39 is 0 Å². The molecule has 2 heteroatoms. The third-order valence-electron chi connectivity index (χ3n) is 4.35. The van der Waals surface area contributed by atoms with Gasteiger partial charge in [0.05, 0.1) is 0 Å². The fraction of sp³-hybridized carbons (Fsp3) is 0.281. The highest BCUT2D eigenvalue weighted by Gasteiger charge is 1.95. The summed E-state index contributed by atoms with van der Waals surface area (Å²) in [6.45, 7) is 25.4. The maximum atomic E-state index is 4.38. The predicted molar refractivity (Wildman–Crippen MR) is 158 cm³/mol. The van der Waals surface area contributed by atoms with E-state index in [0.29, 0.717) is 0 Å². The molecule has 2 aromatic rings. The lowest BCUT2D eigenvalue weighted by Crippen LogP contribution is -1.89. The van der Waals surface area contributed by atoms with Gasteiger partial charge in [-0.05, 0) is 88.4 Å². The Morgan fingerprint density at radius 3 is 2.00 bits per heavy atom. The van der Waals surface area contributed by atoms with Gasteiger partial charge < -0.3 is 5.32 Å². The molecule has 34 heavy (non-hydrogen) atoms. The summed E-state index contributed by atoms with van der Waals surface area (Å²) in [5.74, 6) is 2.77. The van der Waals surface area contributed by atoms with E-state index in [0.717, 1.165) is 28.1 Å². The van der Waals surface area contributed by atoms with Crippen molar-refractivity contribution < 1.29 is 0 Å². The molecule has 0 spiro atoms. The second kappa shape index (κ2) is 21.3. The minimum Gasteiger partial charge on any atom is -0.315 e. The van der Waals surface area contributed by atoms with E-state index in [1.54, 1.807) is 0 Å². The van der Waals surface area contributed by atoms with E-state index in [1.807, 2.05) is 85.0 Å². The van der Waals surface area contributed by atoms with Crippen LogP contribution in [0.3, 0.4) is 0 Å². The number of hydrogen-bond acceptors (Lipinski definition) is 2. The first-order valence-corrected chi connectivity index (χ1v) is 11.7. The van der Waals surface area contributed by atoms with Crippen LogP contribution in [-0.4, -0.2) is 5.71 Å². The number of nitrogens with zero attached hydrogens (tertiary/aromatic N) is 1.